The molecule has 1 N–H and O–H groups in total. The number of hydrogen-bond donors (Lipinski definition) is 1. The summed E-state index contributed by atoms with van der Waals surface area (Å²) in [5.41, 5.74) is 1.03. The molecule has 5 saturated carbocycles. The van der Waals surface area contributed by atoms with E-state index >= 15 is 0 Å². The molecule has 5 fully saturated rings. The second-order valence-corrected chi connectivity index (χ2v) is 13.4. The molecule has 210 valence electrons. The molecule has 0 spiro atoms. The molecule has 39 heavy (non-hydrogen) atoms. The molecule has 7 nitrogen and oxygen atoms in total. The van der Waals surface area contributed by atoms with Gasteiger partial charge in [-0.3, -0.25) is 4.79 Å². The van der Waals surface area contributed by atoms with Crippen molar-refractivity contribution in [1.82, 2.24) is 15.1 Å². The van der Waals surface area contributed by atoms with Crippen LogP contribution in [-0.2, 0) is 17.8 Å². The average molecular weight is 552 g/mol. The van der Waals surface area contributed by atoms with Gasteiger partial charge in [0, 0.05) is 23.0 Å². The SMILES string of the molecule is COc1ccc(CCN(Cc2cccs2)C(=O)CN(C(=O)NC23CC4CC(CC(C4)C2)C3)C2CC2)cc1OC. The van der Waals surface area contributed by atoms with E-state index in [-0.39, 0.29) is 30.1 Å². The first kappa shape index (κ1) is 26.5. The van der Waals surface area contributed by atoms with E-state index in [9.17, 15) is 9.59 Å². The summed E-state index contributed by atoms with van der Waals surface area (Å²) >= 11 is 1.66. The lowest BCUT2D eigenvalue weighted by Crippen LogP contribution is -2.62. The van der Waals surface area contributed by atoms with Gasteiger partial charge >= 0.3 is 6.03 Å². The Hall–Kier alpha value is -2.74. The van der Waals surface area contributed by atoms with Crippen LogP contribution in [0.2, 0.25) is 0 Å². The molecule has 0 aliphatic heterocycles. The number of carbonyl (C=O) groups is 2. The second kappa shape index (κ2) is 11.0. The zero-order valence-electron chi connectivity index (χ0n) is 23.2. The molecule has 5 aliphatic rings. The number of ether oxygens (including phenoxy) is 2. The summed E-state index contributed by atoms with van der Waals surface area (Å²) in [7, 11) is 3.26. The Morgan fingerprint density at radius 2 is 1.69 bits per heavy atom. The summed E-state index contributed by atoms with van der Waals surface area (Å²) in [5, 5.41) is 5.55. The zero-order chi connectivity index (χ0) is 27.0. The number of nitrogens with one attached hydrogen (secondary N) is 1. The number of amides is 3. The van der Waals surface area contributed by atoms with Gasteiger partial charge in [0.1, 0.15) is 6.54 Å². The topological polar surface area (TPSA) is 71.1 Å². The zero-order valence-corrected chi connectivity index (χ0v) is 24.0. The minimum absolute atomic E-state index is 0.0106. The lowest BCUT2D eigenvalue weighted by Gasteiger charge is -2.57. The van der Waals surface area contributed by atoms with Gasteiger partial charge in [0.25, 0.3) is 0 Å². The van der Waals surface area contributed by atoms with Gasteiger partial charge in [0.2, 0.25) is 5.91 Å². The molecule has 0 unspecified atom stereocenters. The van der Waals surface area contributed by atoms with Crippen LogP contribution >= 0.6 is 11.3 Å². The van der Waals surface area contributed by atoms with Gasteiger partial charge in [0.15, 0.2) is 11.5 Å². The third kappa shape index (κ3) is 5.91. The van der Waals surface area contributed by atoms with Crippen LogP contribution in [-0.4, -0.2) is 60.6 Å². The molecule has 7 rings (SSSR count). The maximum Gasteiger partial charge on any atom is 0.318 e. The van der Waals surface area contributed by atoms with Gasteiger partial charge < -0.3 is 24.6 Å². The Morgan fingerprint density at radius 1 is 1.00 bits per heavy atom. The summed E-state index contributed by atoms with van der Waals surface area (Å²) in [6.07, 6.45) is 10.1. The van der Waals surface area contributed by atoms with Gasteiger partial charge in [-0.2, -0.15) is 0 Å². The molecule has 3 amide bonds. The molecule has 0 atom stereocenters. The van der Waals surface area contributed by atoms with Crippen LogP contribution in [0.4, 0.5) is 4.79 Å². The number of thiophene rings is 1. The highest BCUT2D eigenvalue weighted by Crippen LogP contribution is 2.55. The van der Waals surface area contributed by atoms with Gasteiger partial charge in [-0.25, -0.2) is 4.79 Å². The largest absolute Gasteiger partial charge is 0.493 e. The van der Waals surface area contributed by atoms with Crippen molar-refractivity contribution in [1.29, 1.82) is 0 Å². The quantitative estimate of drug-likeness (QED) is 0.402. The first-order valence-corrected chi connectivity index (χ1v) is 15.4. The summed E-state index contributed by atoms with van der Waals surface area (Å²) in [4.78, 5) is 32.4. The first-order chi connectivity index (χ1) is 18.9. The number of nitrogens with zero attached hydrogens (tertiary/aromatic N) is 2. The molecule has 5 aliphatic carbocycles. The smallest absolute Gasteiger partial charge is 0.318 e. The van der Waals surface area contributed by atoms with Crippen molar-refractivity contribution < 1.29 is 19.1 Å². The van der Waals surface area contributed by atoms with E-state index in [1.807, 2.05) is 39.4 Å². The summed E-state index contributed by atoms with van der Waals surface area (Å²) < 4.78 is 10.8. The number of carbonyl (C=O) groups excluding carboxylic acids is 2. The van der Waals surface area contributed by atoms with Gasteiger partial charge in [-0.05, 0) is 105 Å². The predicted molar refractivity (Wildman–Crippen MR) is 152 cm³/mol. The Morgan fingerprint density at radius 3 is 2.28 bits per heavy atom. The number of rotatable bonds is 11. The lowest BCUT2D eigenvalue weighted by molar-refractivity contribution is -0.132. The highest BCUT2D eigenvalue weighted by molar-refractivity contribution is 7.09. The number of urea groups is 1. The Bertz CT molecular complexity index is 1140. The lowest BCUT2D eigenvalue weighted by atomic mass is 9.53. The van der Waals surface area contributed by atoms with Crippen molar-refractivity contribution >= 4 is 23.3 Å². The molecular formula is C31H41N3O4S. The molecule has 2 aromatic rings. The van der Waals surface area contributed by atoms with Crippen LogP contribution in [0.5, 0.6) is 11.5 Å². The van der Waals surface area contributed by atoms with E-state index in [4.69, 9.17) is 9.47 Å². The van der Waals surface area contributed by atoms with E-state index in [1.54, 1.807) is 25.6 Å². The van der Waals surface area contributed by atoms with Crippen LogP contribution < -0.4 is 14.8 Å². The van der Waals surface area contributed by atoms with Crippen molar-refractivity contribution in [3.63, 3.8) is 0 Å². The molecule has 1 heterocycles. The van der Waals surface area contributed by atoms with Crippen LogP contribution in [0, 0.1) is 17.8 Å². The number of benzene rings is 1. The van der Waals surface area contributed by atoms with E-state index in [1.165, 1.54) is 19.3 Å². The van der Waals surface area contributed by atoms with Gasteiger partial charge in [-0.1, -0.05) is 12.1 Å². The van der Waals surface area contributed by atoms with Crippen molar-refractivity contribution in [3.8, 4) is 11.5 Å². The molecular weight excluding hydrogens is 510 g/mol. The fraction of sp³-hybridized carbons (Fsp3) is 0.613. The Kier molecular flexibility index (Phi) is 7.49. The van der Waals surface area contributed by atoms with Crippen molar-refractivity contribution in [2.24, 2.45) is 17.8 Å². The average Bonchev–Trinajstić information content (AvgIpc) is 3.62. The van der Waals surface area contributed by atoms with E-state index in [0.717, 1.165) is 60.3 Å². The van der Waals surface area contributed by atoms with Gasteiger partial charge in [0.05, 0.1) is 20.8 Å². The monoisotopic (exact) mass is 551 g/mol. The van der Waals surface area contributed by atoms with Crippen LogP contribution in [0.1, 0.15) is 61.8 Å². The first-order valence-electron chi connectivity index (χ1n) is 14.5. The van der Waals surface area contributed by atoms with Crippen molar-refractivity contribution in [3.05, 3.63) is 46.2 Å². The van der Waals surface area contributed by atoms with Crippen molar-refractivity contribution in [2.75, 3.05) is 27.3 Å². The molecule has 1 aromatic heterocycles. The van der Waals surface area contributed by atoms with E-state index in [2.05, 4.69) is 11.4 Å². The van der Waals surface area contributed by atoms with E-state index < -0.39 is 0 Å². The maximum atomic E-state index is 13.8. The van der Waals surface area contributed by atoms with Crippen LogP contribution in [0.3, 0.4) is 0 Å². The maximum absolute atomic E-state index is 13.8. The fourth-order valence-electron chi connectivity index (χ4n) is 7.74. The Balaban J connectivity index is 1.13. The highest BCUT2D eigenvalue weighted by Gasteiger charge is 2.52. The molecule has 8 heteroatoms. The standard InChI is InChI=1S/C31H41N3O4S/c1-37-27-8-5-21(15-28(27)38-2)9-10-33(19-26-4-3-11-39-26)29(35)20-34(25-6-7-25)30(36)32-31-16-22-12-23(17-31)14-24(13-22)18-31/h3-5,8,11,15,22-25H,6-7,9-10,12-14,16-20H2,1-2H3,(H,32,36). The molecule has 0 saturated heterocycles. The van der Waals surface area contributed by atoms with E-state index in [0.29, 0.717) is 31.0 Å². The fourth-order valence-corrected chi connectivity index (χ4v) is 8.46. The van der Waals surface area contributed by atoms with Crippen LogP contribution in [0.15, 0.2) is 35.7 Å². The molecule has 1 aromatic carbocycles. The molecule has 0 radical (unpaired) electrons. The Labute approximate surface area is 235 Å². The summed E-state index contributed by atoms with van der Waals surface area (Å²) in [6, 6.07) is 10.1. The predicted octanol–water partition coefficient (Wildman–Crippen LogP) is 5.48. The minimum Gasteiger partial charge on any atom is -0.493 e. The third-order valence-corrected chi connectivity index (χ3v) is 10.2. The van der Waals surface area contributed by atoms with Crippen LogP contribution in [0.25, 0.3) is 0 Å². The summed E-state index contributed by atoms with van der Waals surface area (Å²) in [5.74, 6) is 3.70. The summed E-state index contributed by atoms with van der Waals surface area (Å²) in [6.45, 7) is 1.26. The third-order valence-electron chi connectivity index (χ3n) is 9.36. The highest BCUT2D eigenvalue weighted by atomic mass is 32.1. The number of methoxy groups -OCH3 is 2. The molecule has 4 bridgehead atoms. The van der Waals surface area contributed by atoms with Crippen molar-refractivity contribution in [2.45, 2.75) is 75.9 Å². The minimum atomic E-state index is -0.0495. The van der Waals surface area contributed by atoms with Gasteiger partial charge in [-0.15, -0.1) is 11.3 Å². The number of hydrogen-bond acceptors (Lipinski definition) is 5. The normalized spacial score (nSPS) is 26.8. The second-order valence-electron chi connectivity index (χ2n) is 12.3.